The lowest BCUT2D eigenvalue weighted by Gasteiger charge is -2.06. The van der Waals surface area contributed by atoms with E-state index >= 15 is 0 Å². The normalized spacial score (nSPS) is 11.6. The largest absolute Gasteiger partial charge is 0.338 e. The van der Waals surface area contributed by atoms with Crippen LogP contribution >= 0.6 is 11.3 Å². The second-order valence-electron chi connectivity index (χ2n) is 5.74. The van der Waals surface area contributed by atoms with Gasteiger partial charge in [-0.15, -0.1) is 11.3 Å². The molecule has 2 aromatic carbocycles. The number of halogens is 1. The molecule has 2 heterocycles. The second-order valence-corrected chi connectivity index (χ2v) is 6.86. The van der Waals surface area contributed by atoms with Crippen LogP contribution in [0.4, 0.5) is 4.39 Å². The van der Waals surface area contributed by atoms with Crippen LogP contribution in [-0.4, -0.2) is 9.55 Å². The zero-order chi connectivity index (χ0) is 16.0. The zero-order valence-electron chi connectivity index (χ0n) is 13.1. The van der Waals surface area contributed by atoms with Crippen LogP contribution in [0.2, 0.25) is 0 Å². The maximum atomic E-state index is 13.6. The Morgan fingerprint density at radius 3 is 2.78 bits per heavy atom. The van der Waals surface area contributed by atoms with Crippen molar-refractivity contribution in [3.05, 3.63) is 64.5 Å². The molecule has 0 spiro atoms. The summed E-state index contributed by atoms with van der Waals surface area (Å²) >= 11 is 1.72. The first-order valence-electron chi connectivity index (χ1n) is 7.79. The molecule has 2 nitrogen and oxygen atoms in total. The number of para-hydroxylation sites is 1. The van der Waals surface area contributed by atoms with E-state index in [0.717, 1.165) is 34.4 Å². The lowest BCUT2D eigenvalue weighted by molar-refractivity contribution is 0.629. The van der Waals surface area contributed by atoms with Crippen LogP contribution < -0.4 is 0 Å². The molecule has 23 heavy (non-hydrogen) atoms. The van der Waals surface area contributed by atoms with Gasteiger partial charge in [-0.25, -0.2) is 9.37 Å². The molecule has 4 aromatic rings. The fourth-order valence-corrected chi connectivity index (χ4v) is 4.25. The van der Waals surface area contributed by atoms with Crippen molar-refractivity contribution >= 4 is 32.5 Å². The average molecular weight is 324 g/mol. The summed E-state index contributed by atoms with van der Waals surface area (Å²) in [6, 6.07) is 13.3. The van der Waals surface area contributed by atoms with Gasteiger partial charge in [-0.2, -0.15) is 0 Å². The summed E-state index contributed by atoms with van der Waals surface area (Å²) in [5.41, 5.74) is 4.55. The van der Waals surface area contributed by atoms with E-state index in [1.54, 1.807) is 17.4 Å². The maximum absolute atomic E-state index is 13.6. The van der Waals surface area contributed by atoms with E-state index in [9.17, 15) is 4.39 Å². The highest BCUT2D eigenvalue weighted by molar-refractivity contribution is 7.18. The highest BCUT2D eigenvalue weighted by atomic mass is 32.1. The molecular formula is C19H17FN2S. The van der Waals surface area contributed by atoms with Crippen molar-refractivity contribution in [2.45, 2.75) is 26.8 Å². The quantitative estimate of drug-likeness (QED) is 0.499. The molecule has 0 fully saturated rings. The molecule has 0 aliphatic carbocycles. The third-order valence-corrected chi connectivity index (χ3v) is 5.42. The molecule has 4 rings (SSSR count). The lowest BCUT2D eigenvalue weighted by atomic mass is 10.1. The fraction of sp³-hybridized carbons (Fsp3) is 0.211. The summed E-state index contributed by atoms with van der Waals surface area (Å²) in [7, 11) is 0. The summed E-state index contributed by atoms with van der Waals surface area (Å²) < 4.78 is 17.1. The van der Waals surface area contributed by atoms with Gasteiger partial charge in [0.05, 0.1) is 16.8 Å². The van der Waals surface area contributed by atoms with Gasteiger partial charge < -0.3 is 4.57 Å². The highest BCUT2D eigenvalue weighted by Crippen LogP contribution is 2.29. The van der Waals surface area contributed by atoms with E-state index in [1.165, 1.54) is 22.0 Å². The maximum Gasteiger partial charge on any atom is 0.123 e. The summed E-state index contributed by atoms with van der Waals surface area (Å²) in [6.45, 7) is 4.96. The zero-order valence-corrected chi connectivity index (χ0v) is 14.0. The number of hydrogen-bond donors (Lipinski definition) is 0. The second kappa shape index (κ2) is 5.46. The van der Waals surface area contributed by atoms with Crippen molar-refractivity contribution in [3.8, 4) is 0 Å². The number of nitrogens with zero attached hydrogens (tertiary/aromatic N) is 2. The van der Waals surface area contributed by atoms with Gasteiger partial charge in [0.25, 0.3) is 0 Å². The third kappa shape index (κ3) is 2.34. The van der Waals surface area contributed by atoms with Crippen LogP contribution in [-0.2, 0) is 13.0 Å². The molecule has 2 aromatic heterocycles. The molecular weight excluding hydrogens is 307 g/mol. The molecule has 0 atom stereocenters. The Morgan fingerprint density at radius 2 is 2.00 bits per heavy atom. The summed E-state index contributed by atoms with van der Waals surface area (Å²) in [6.07, 6.45) is 0.901. The van der Waals surface area contributed by atoms with Gasteiger partial charge in [-0.05, 0) is 49.2 Å². The number of fused-ring (bicyclic) bond motifs is 2. The van der Waals surface area contributed by atoms with E-state index in [0.29, 0.717) is 0 Å². The Balaban J connectivity index is 1.86. The van der Waals surface area contributed by atoms with Crippen LogP contribution in [0.3, 0.4) is 0 Å². The van der Waals surface area contributed by atoms with E-state index in [-0.39, 0.29) is 5.82 Å². The van der Waals surface area contributed by atoms with Crippen LogP contribution in [0.15, 0.2) is 42.5 Å². The summed E-state index contributed by atoms with van der Waals surface area (Å²) in [5.74, 6) is -0.177. The van der Waals surface area contributed by atoms with Crippen molar-refractivity contribution < 1.29 is 4.39 Å². The van der Waals surface area contributed by atoms with Crippen LogP contribution in [0.25, 0.3) is 21.1 Å². The molecule has 4 heteroatoms. The Bertz CT molecular complexity index is 980. The van der Waals surface area contributed by atoms with Crippen LogP contribution in [0.5, 0.6) is 0 Å². The number of aromatic nitrogens is 2. The monoisotopic (exact) mass is 324 g/mol. The summed E-state index contributed by atoms with van der Waals surface area (Å²) in [4.78, 5) is 4.73. The van der Waals surface area contributed by atoms with Crippen LogP contribution in [0, 0.1) is 12.7 Å². The number of thiazole rings is 1. The topological polar surface area (TPSA) is 17.8 Å². The SMILES string of the molecule is CCc1c(C)n(Cc2nc3ccccc3s2)c2ccc(F)cc12. The van der Waals surface area contributed by atoms with Gasteiger partial charge in [0.1, 0.15) is 10.8 Å². The minimum absolute atomic E-state index is 0.177. The molecule has 0 bridgehead atoms. The van der Waals surface area contributed by atoms with Crippen molar-refractivity contribution in [3.63, 3.8) is 0 Å². The molecule has 0 radical (unpaired) electrons. The minimum atomic E-state index is -0.177. The first-order chi connectivity index (χ1) is 11.2. The van der Waals surface area contributed by atoms with Crippen molar-refractivity contribution in [1.82, 2.24) is 9.55 Å². The molecule has 0 unspecified atom stereocenters. The molecule has 0 N–H and O–H groups in total. The first kappa shape index (κ1) is 14.4. The van der Waals surface area contributed by atoms with Crippen molar-refractivity contribution in [1.29, 1.82) is 0 Å². The Labute approximate surface area is 138 Å². The molecule has 0 aliphatic rings. The van der Waals surface area contributed by atoms with E-state index in [2.05, 4.69) is 24.5 Å². The van der Waals surface area contributed by atoms with Crippen LogP contribution in [0.1, 0.15) is 23.2 Å². The molecule has 0 amide bonds. The standard InChI is InChI=1S/C19H17FN2S/c1-3-14-12(2)22(17-9-8-13(20)10-15(14)17)11-19-21-16-6-4-5-7-18(16)23-19/h4-10H,3,11H2,1-2H3. The summed E-state index contributed by atoms with van der Waals surface area (Å²) in [5, 5.41) is 2.10. The fourth-order valence-electron chi connectivity index (χ4n) is 3.30. The van der Waals surface area contributed by atoms with Gasteiger partial charge in [-0.3, -0.25) is 0 Å². The van der Waals surface area contributed by atoms with E-state index in [1.807, 2.05) is 24.3 Å². The van der Waals surface area contributed by atoms with Crippen molar-refractivity contribution in [2.24, 2.45) is 0 Å². The predicted molar refractivity (Wildman–Crippen MR) is 94.7 cm³/mol. The third-order valence-electron chi connectivity index (χ3n) is 4.40. The number of rotatable bonds is 3. The molecule has 0 saturated heterocycles. The smallest absolute Gasteiger partial charge is 0.123 e. The Morgan fingerprint density at radius 1 is 1.17 bits per heavy atom. The van der Waals surface area contributed by atoms with E-state index in [4.69, 9.17) is 4.98 Å². The lowest BCUT2D eigenvalue weighted by Crippen LogP contribution is -2.01. The Kier molecular flexibility index (Phi) is 3.42. The van der Waals surface area contributed by atoms with Gasteiger partial charge >= 0.3 is 0 Å². The predicted octanol–water partition coefficient (Wildman–Crippen LogP) is 5.31. The van der Waals surface area contributed by atoms with Gasteiger partial charge in [0, 0.05) is 16.6 Å². The first-order valence-corrected chi connectivity index (χ1v) is 8.60. The highest BCUT2D eigenvalue weighted by Gasteiger charge is 2.15. The number of benzene rings is 2. The molecule has 116 valence electrons. The van der Waals surface area contributed by atoms with E-state index < -0.39 is 0 Å². The number of hydrogen-bond acceptors (Lipinski definition) is 2. The minimum Gasteiger partial charge on any atom is -0.338 e. The molecule has 0 aliphatic heterocycles. The average Bonchev–Trinajstić information content (AvgIpc) is 3.06. The van der Waals surface area contributed by atoms with Crippen molar-refractivity contribution in [2.75, 3.05) is 0 Å². The van der Waals surface area contributed by atoms with Gasteiger partial charge in [0.2, 0.25) is 0 Å². The number of aryl methyl sites for hydroxylation is 1. The van der Waals surface area contributed by atoms with Gasteiger partial charge in [-0.1, -0.05) is 19.1 Å². The van der Waals surface area contributed by atoms with Gasteiger partial charge in [0.15, 0.2) is 0 Å². The molecule has 0 saturated carbocycles. The Hall–Kier alpha value is -2.20.